The largest absolute Gasteiger partial charge is 0.390 e. The highest BCUT2D eigenvalue weighted by atomic mass is 19.4. The lowest BCUT2D eigenvalue weighted by molar-refractivity contribution is -0.133. The number of carbonyl (C=O) groups is 1. The third-order valence-corrected chi connectivity index (χ3v) is 2.52. The molecule has 1 amide bonds. The van der Waals surface area contributed by atoms with Gasteiger partial charge in [0.2, 0.25) is 6.41 Å². The first-order chi connectivity index (χ1) is 7.01. The lowest BCUT2D eigenvalue weighted by Gasteiger charge is -2.29. The fourth-order valence-electron chi connectivity index (χ4n) is 1.63. The van der Waals surface area contributed by atoms with Crippen molar-refractivity contribution in [1.82, 2.24) is 10.2 Å². The zero-order chi connectivity index (χ0) is 11.3. The molecule has 0 saturated carbocycles. The number of hydrogen-bond acceptors (Lipinski definition) is 2. The Labute approximate surface area is 86.6 Å². The summed E-state index contributed by atoms with van der Waals surface area (Å²) in [6.45, 7) is 1.23. The number of halogens is 3. The van der Waals surface area contributed by atoms with Gasteiger partial charge in [-0.25, -0.2) is 0 Å². The van der Waals surface area contributed by atoms with Crippen LogP contribution in [0.25, 0.3) is 0 Å². The van der Waals surface area contributed by atoms with Crippen LogP contribution < -0.4 is 5.32 Å². The average Bonchev–Trinajstić information content (AvgIpc) is 2.17. The van der Waals surface area contributed by atoms with Crippen molar-refractivity contribution >= 4 is 6.41 Å². The number of piperidine rings is 1. The van der Waals surface area contributed by atoms with Gasteiger partial charge in [0.25, 0.3) is 0 Å². The van der Waals surface area contributed by atoms with E-state index in [1.807, 2.05) is 0 Å². The summed E-state index contributed by atoms with van der Waals surface area (Å²) in [7, 11) is 0. The summed E-state index contributed by atoms with van der Waals surface area (Å²) in [4.78, 5) is 12.0. The molecule has 1 fully saturated rings. The quantitative estimate of drug-likeness (QED) is 0.726. The fourth-order valence-corrected chi connectivity index (χ4v) is 1.63. The molecular formula is C9H15F3N2O. The summed E-state index contributed by atoms with van der Waals surface area (Å²) < 4.78 is 35.5. The van der Waals surface area contributed by atoms with Crippen LogP contribution in [0.15, 0.2) is 0 Å². The first kappa shape index (κ1) is 12.3. The number of rotatable bonds is 4. The molecule has 1 saturated heterocycles. The molecule has 0 spiro atoms. The Kier molecular flexibility index (Phi) is 4.38. The summed E-state index contributed by atoms with van der Waals surface area (Å²) in [6, 6.07) is 0.114. The Morgan fingerprint density at radius 3 is 2.40 bits per heavy atom. The van der Waals surface area contributed by atoms with Crippen molar-refractivity contribution in [3.63, 3.8) is 0 Å². The van der Waals surface area contributed by atoms with Gasteiger partial charge in [0, 0.05) is 25.7 Å². The van der Waals surface area contributed by atoms with E-state index in [2.05, 4.69) is 5.32 Å². The molecule has 0 atom stereocenters. The minimum absolute atomic E-state index is 0.0325. The minimum Gasteiger partial charge on any atom is -0.345 e. The smallest absolute Gasteiger partial charge is 0.345 e. The van der Waals surface area contributed by atoms with Crippen LogP contribution in [0.2, 0.25) is 0 Å². The highest BCUT2D eigenvalue weighted by Crippen LogP contribution is 2.18. The molecule has 0 aromatic carbocycles. The molecule has 0 unspecified atom stereocenters. The van der Waals surface area contributed by atoms with E-state index in [0.717, 1.165) is 19.3 Å². The van der Waals surface area contributed by atoms with Crippen molar-refractivity contribution in [2.24, 2.45) is 0 Å². The maximum absolute atomic E-state index is 11.8. The molecule has 0 radical (unpaired) electrons. The van der Waals surface area contributed by atoms with Gasteiger partial charge in [-0.3, -0.25) is 4.79 Å². The normalized spacial score (nSPS) is 19.3. The van der Waals surface area contributed by atoms with Crippen molar-refractivity contribution in [2.45, 2.75) is 31.5 Å². The average molecular weight is 224 g/mol. The number of nitrogens with zero attached hydrogens (tertiary/aromatic N) is 1. The van der Waals surface area contributed by atoms with Crippen LogP contribution in [0.4, 0.5) is 13.2 Å². The molecular weight excluding hydrogens is 209 g/mol. The molecule has 0 aromatic rings. The molecule has 1 heterocycles. The molecule has 1 N–H and O–H groups in total. The Hall–Kier alpha value is -0.780. The van der Waals surface area contributed by atoms with Gasteiger partial charge in [-0.2, -0.15) is 13.2 Å². The Balaban J connectivity index is 2.11. The summed E-state index contributed by atoms with van der Waals surface area (Å²) in [5.74, 6) is 0. The topological polar surface area (TPSA) is 32.3 Å². The molecule has 15 heavy (non-hydrogen) atoms. The van der Waals surface area contributed by atoms with Crippen LogP contribution in [-0.4, -0.2) is 43.2 Å². The van der Waals surface area contributed by atoms with E-state index in [1.165, 1.54) is 0 Å². The number of amides is 1. The monoisotopic (exact) mass is 224 g/mol. The van der Waals surface area contributed by atoms with Gasteiger partial charge in [0.15, 0.2) is 0 Å². The van der Waals surface area contributed by atoms with Crippen molar-refractivity contribution in [3.8, 4) is 0 Å². The maximum Gasteiger partial charge on any atom is 0.390 e. The van der Waals surface area contributed by atoms with Crippen LogP contribution in [0.3, 0.4) is 0 Å². The summed E-state index contributed by atoms with van der Waals surface area (Å²) in [5.41, 5.74) is 0. The molecule has 1 rings (SSSR count). The third kappa shape index (κ3) is 5.01. The van der Waals surface area contributed by atoms with Crippen molar-refractivity contribution in [3.05, 3.63) is 0 Å². The number of carbonyl (C=O) groups excluding carboxylic acids is 1. The minimum atomic E-state index is -4.09. The zero-order valence-corrected chi connectivity index (χ0v) is 8.39. The third-order valence-electron chi connectivity index (χ3n) is 2.52. The summed E-state index contributed by atoms with van der Waals surface area (Å²) in [6.07, 6.45) is -2.63. The predicted octanol–water partition coefficient (Wildman–Crippen LogP) is 1.15. The Morgan fingerprint density at radius 1 is 1.33 bits per heavy atom. The highest BCUT2D eigenvalue weighted by Gasteiger charge is 2.27. The lowest BCUT2D eigenvalue weighted by Crippen LogP contribution is -2.42. The first-order valence-electron chi connectivity index (χ1n) is 5.01. The zero-order valence-electron chi connectivity index (χ0n) is 8.39. The maximum atomic E-state index is 11.8. The number of likely N-dealkylation sites (tertiary alicyclic amines) is 1. The van der Waals surface area contributed by atoms with Crippen LogP contribution in [0.1, 0.15) is 19.3 Å². The van der Waals surface area contributed by atoms with Crippen molar-refractivity contribution in [2.75, 3.05) is 19.6 Å². The van der Waals surface area contributed by atoms with E-state index in [0.29, 0.717) is 13.1 Å². The molecule has 88 valence electrons. The molecule has 0 bridgehead atoms. The highest BCUT2D eigenvalue weighted by molar-refractivity contribution is 5.47. The van der Waals surface area contributed by atoms with E-state index in [1.54, 1.807) is 4.90 Å². The Morgan fingerprint density at radius 2 is 1.93 bits per heavy atom. The SMILES string of the molecule is O=CN1CCC(NCCC(F)(F)F)CC1. The Bertz CT molecular complexity index is 200. The van der Waals surface area contributed by atoms with Gasteiger partial charge in [-0.15, -0.1) is 0 Å². The molecule has 0 aromatic heterocycles. The van der Waals surface area contributed by atoms with Gasteiger partial charge in [-0.1, -0.05) is 0 Å². The van der Waals surface area contributed by atoms with E-state index >= 15 is 0 Å². The number of hydrogen-bond donors (Lipinski definition) is 1. The lowest BCUT2D eigenvalue weighted by atomic mass is 10.1. The van der Waals surface area contributed by atoms with Crippen LogP contribution >= 0.6 is 0 Å². The van der Waals surface area contributed by atoms with Gasteiger partial charge < -0.3 is 10.2 Å². The second-order valence-corrected chi connectivity index (χ2v) is 3.73. The number of alkyl halides is 3. The van der Waals surface area contributed by atoms with E-state index in [4.69, 9.17) is 0 Å². The molecule has 1 aliphatic heterocycles. The molecule has 6 heteroatoms. The fraction of sp³-hybridized carbons (Fsp3) is 0.889. The van der Waals surface area contributed by atoms with Crippen LogP contribution in [0.5, 0.6) is 0 Å². The number of nitrogens with one attached hydrogen (secondary N) is 1. The first-order valence-corrected chi connectivity index (χ1v) is 5.01. The van der Waals surface area contributed by atoms with Crippen LogP contribution in [-0.2, 0) is 4.79 Å². The molecule has 0 aliphatic carbocycles. The second-order valence-electron chi connectivity index (χ2n) is 3.73. The van der Waals surface area contributed by atoms with Crippen LogP contribution in [0, 0.1) is 0 Å². The standard InChI is InChI=1S/C9H15F3N2O/c10-9(11,12)3-4-13-8-1-5-14(7-15)6-2-8/h7-8,13H,1-6H2. The van der Waals surface area contributed by atoms with Crippen molar-refractivity contribution in [1.29, 1.82) is 0 Å². The predicted molar refractivity (Wildman–Crippen MR) is 49.3 cm³/mol. The molecule has 1 aliphatic rings. The van der Waals surface area contributed by atoms with Gasteiger partial charge in [0.05, 0.1) is 6.42 Å². The second kappa shape index (κ2) is 5.34. The van der Waals surface area contributed by atoms with Crippen molar-refractivity contribution < 1.29 is 18.0 Å². The van der Waals surface area contributed by atoms with E-state index < -0.39 is 12.6 Å². The summed E-state index contributed by atoms with van der Waals surface area (Å²) >= 11 is 0. The van der Waals surface area contributed by atoms with Gasteiger partial charge >= 0.3 is 6.18 Å². The van der Waals surface area contributed by atoms with Gasteiger partial charge in [0.1, 0.15) is 0 Å². The van der Waals surface area contributed by atoms with E-state index in [-0.39, 0.29) is 12.6 Å². The van der Waals surface area contributed by atoms with Gasteiger partial charge in [-0.05, 0) is 12.8 Å². The molecule has 3 nitrogen and oxygen atoms in total. The summed E-state index contributed by atoms with van der Waals surface area (Å²) in [5, 5.41) is 2.86. The van der Waals surface area contributed by atoms with E-state index in [9.17, 15) is 18.0 Å².